The fourth-order valence-corrected chi connectivity index (χ4v) is 8.12. The number of carbonyl (C=O) groups excluding carboxylic acids is 1. The SMILES string of the molecule is CC(C)N(C(=O)C1C[C@@]2(C)C(=CC[C@@H]3[C@H]2CC[C@]2(C)CCC[C@@H]32)C=C1C(=O)O)C(C)C. The van der Waals surface area contributed by atoms with E-state index >= 15 is 0 Å². The van der Waals surface area contributed by atoms with Gasteiger partial charge in [0.1, 0.15) is 0 Å². The Morgan fingerprint density at radius 3 is 2.35 bits per heavy atom. The van der Waals surface area contributed by atoms with Crippen molar-refractivity contribution in [2.45, 2.75) is 98.6 Å². The standard InChI is InChI=1S/C27H41NO3/c1-16(2)28(17(3)4)24(29)21-15-27(6)18(14-20(21)25(30)31)9-10-19-22-8-7-12-26(22,5)13-11-23(19)27/h9,14,16-17,19,21-23H,7-8,10-13,15H2,1-6H3,(H,30,31)/t19-,21?,22-,23+,26-,27-/m0/s1. The fourth-order valence-electron chi connectivity index (χ4n) is 8.12. The van der Waals surface area contributed by atoms with Gasteiger partial charge in [0.25, 0.3) is 0 Å². The topological polar surface area (TPSA) is 57.6 Å². The Bertz CT molecular complexity index is 816. The number of carbonyl (C=O) groups is 2. The molecular formula is C27H41NO3. The molecule has 2 fully saturated rings. The van der Waals surface area contributed by atoms with Gasteiger partial charge in [0.05, 0.1) is 5.92 Å². The average Bonchev–Trinajstić information content (AvgIpc) is 3.07. The van der Waals surface area contributed by atoms with Crippen molar-refractivity contribution in [1.29, 1.82) is 0 Å². The molecule has 1 N–H and O–H groups in total. The molecule has 0 heterocycles. The van der Waals surface area contributed by atoms with Crippen molar-refractivity contribution in [3.8, 4) is 0 Å². The molecule has 4 aliphatic rings. The van der Waals surface area contributed by atoms with Gasteiger partial charge in [-0.1, -0.05) is 26.3 Å². The third-order valence-electron chi connectivity index (χ3n) is 9.53. The number of rotatable bonds is 4. The smallest absolute Gasteiger partial charge is 0.332 e. The molecule has 0 aromatic heterocycles. The second-order valence-electron chi connectivity index (χ2n) is 11.9. The Morgan fingerprint density at radius 2 is 1.74 bits per heavy atom. The quantitative estimate of drug-likeness (QED) is 0.614. The molecule has 0 radical (unpaired) electrons. The lowest BCUT2D eigenvalue weighted by molar-refractivity contribution is -0.144. The number of aliphatic carboxylic acids is 1. The zero-order chi connectivity index (χ0) is 22.7. The Kier molecular flexibility index (Phi) is 5.67. The molecule has 0 aromatic rings. The number of amides is 1. The summed E-state index contributed by atoms with van der Waals surface area (Å²) in [6, 6.07) is 0.112. The summed E-state index contributed by atoms with van der Waals surface area (Å²) in [4.78, 5) is 27.8. The van der Waals surface area contributed by atoms with Crippen LogP contribution in [0.25, 0.3) is 0 Å². The van der Waals surface area contributed by atoms with Crippen molar-refractivity contribution in [1.82, 2.24) is 4.90 Å². The lowest BCUT2D eigenvalue weighted by atomic mass is 9.48. The van der Waals surface area contributed by atoms with Crippen LogP contribution in [0.15, 0.2) is 23.3 Å². The zero-order valence-corrected chi connectivity index (χ0v) is 20.3. The Hall–Kier alpha value is -1.58. The molecule has 6 atom stereocenters. The van der Waals surface area contributed by atoms with E-state index in [1.807, 2.05) is 38.7 Å². The van der Waals surface area contributed by atoms with Crippen LogP contribution in [0, 0.1) is 34.5 Å². The summed E-state index contributed by atoms with van der Waals surface area (Å²) in [6.07, 6.45) is 12.4. The van der Waals surface area contributed by atoms with Gasteiger partial charge in [-0.15, -0.1) is 0 Å². The highest BCUT2D eigenvalue weighted by Gasteiger charge is 2.57. The first kappa shape index (κ1) is 22.6. The molecule has 0 saturated heterocycles. The molecular weight excluding hydrogens is 386 g/mol. The second kappa shape index (κ2) is 7.78. The van der Waals surface area contributed by atoms with Gasteiger partial charge in [-0.2, -0.15) is 0 Å². The highest BCUT2D eigenvalue weighted by molar-refractivity contribution is 5.97. The summed E-state index contributed by atoms with van der Waals surface area (Å²) in [6.45, 7) is 12.9. The van der Waals surface area contributed by atoms with Crippen LogP contribution in [0.4, 0.5) is 0 Å². The minimum atomic E-state index is -0.942. The van der Waals surface area contributed by atoms with Crippen LogP contribution >= 0.6 is 0 Å². The van der Waals surface area contributed by atoms with Crippen molar-refractivity contribution in [2.24, 2.45) is 34.5 Å². The highest BCUT2D eigenvalue weighted by atomic mass is 16.4. The monoisotopic (exact) mass is 427 g/mol. The summed E-state index contributed by atoms with van der Waals surface area (Å²) < 4.78 is 0. The maximum absolute atomic E-state index is 13.7. The van der Waals surface area contributed by atoms with Crippen LogP contribution in [-0.4, -0.2) is 34.0 Å². The van der Waals surface area contributed by atoms with Gasteiger partial charge in [-0.3, -0.25) is 4.79 Å². The molecule has 1 unspecified atom stereocenters. The fraction of sp³-hybridized carbons (Fsp3) is 0.778. The van der Waals surface area contributed by atoms with Crippen LogP contribution in [0.5, 0.6) is 0 Å². The van der Waals surface area contributed by atoms with Gasteiger partial charge in [-0.25, -0.2) is 4.79 Å². The molecule has 4 heteroatoms. The summed E-state index contributed by atoms with van der Waals surface area (Å²) >= 11 is 0. The van der Waals surface area contributed by atoms with E-state index in [9.17, 15) is 14.7 Å². The zero-order valence-electron chi connectivity index (χ0n) is 20.3. The van der Waals surface area contributed by atoms with Crippen molar-refractivity contribution >= 4 is 11.9 Å². The van der Waals surface area contributed by atoms with E-state index in [0.717, 1.165) is 12.3 Å². The molecule has 0 aliphatic heterocycles. The van der Waals surface area contributed by atoms with Crippen molar-refractivity contribution in [3.63, 3.8) is 0 Å². The first-order valence-corrected chi connectivity index (χ1v) is 12.5. The first-order chi connectivity index (χ1) is 14.5. The highest BCUT2D eigenvalue weighted by Crippen LogP contribution is 2.65. The summed E-state index contributed by atoms with van der Waals surface area (Å²) in [5.74, 6) is 0.502. The van der Waals surface area contributed by atoms with E-state index in [2.05, 4.69) is 19.9 Å². The molecule has 172 valence electrons. The number of fused-ring (bicyclic) bond motifs is 5. The average molecular weight is 428 g/mol. The number of carboxylic acid groups (broad SMARTS) is 1. The number of hydrogen-bond acceptors (Lipinski definition) is 2. The van der Waals surface area contributed by atoms with Gasteiger partial charge in [0.15, 0.2) is 0 Å². The van der Waals surface area contributed by atoms with E-state index in [1.54, 1.807) is 0 Å². The van der Waals surface area contributed by atoms with Crippen LogP contribution < -0.4 is 0 Å². The van der Waals surface area contributed by atoms with Crippen molar-refractivity contribution in [2.75, 3.05) is 0 Å². The predicted molar refractivity (Wildman–Crippen MR) is 123 cm³/mol. The van der Waals surface area contributed by atoms with E-state index < -0.39 is 11.9 Å². The van der Waals surface area contributed by atoms with Crippen LogP contribution in [0.2, 0.25) is 0 Å². The van der Waals surface area contributed by atoms with Crippen molar-refractivity contribution < 1.29 is 14.7 Å². The van der Waals surface area contributed by atoms with Crippen LogP contribution in [0.1, 0.15) is 86.5 Å². The molecule has 4 aliphatic carbocycles. The van der Waals surface area contributed by atoms with Gasteiger partial charge >= 0.3 is 5.97 Å². The minimum absolute atomic E-state index is 0.0115. The molecule has 31 heavy (non-hydrogen) atoms. The predicted octanol–water partition coefficient (Wildman–Crippen LogP) is 5.83. The number of allylic oxidation sites excluding steroid dienone is 3. The van der Waals surface area contributed by atoms with E-state index in [4.69, 9.17) is 0 Å². The molecule has 0 spiro atoms. The third kappa shape index (κ3) is 3.49. The molecule has 4 nitrogen and oxygen atoms in total. The molecule has 1 amide bonds. The lowest BCUT2D eigenvalue weighted by Gasteiger charge is -2.57. The Labute approximate surface area is 188 Å². The van der Waals surface area contributed by atoms with Gasteiger partial charge in [0, 0.05) is 17.7 Å². The number of nitrogens with zero attached hydrogens (tertiary/aromatic N) is 1. The number of hydrogen-bond donors (Lipinski definition) is 1. The Balaban J connectivity index is 1.73. The van der Waals surface area contributed by atoms with Gasteiger partial charge < -0.3 is 10.0 Å². The van der Waals surface area contributed by atoms with E-state index in [1.165, 1.54) is 37.7 Å². The molecule has 2 saturated carbocycles. The molecule has 0 aromatic carbocycles. The third-order valence-corrected chi connectivity index (χ3v) is 9.53. The normalized spacial score (nSPS) is 39.4. The second-order valence-corrected chi connectivity index (χ2v) is 11.9. The van der Waals surface area contributed by atoms with Gasteiger partial charge in [0.2, 0.25) is 5.91 Å². The number of carboxylic acids is 1. The first-order valence-electron chi connectivity index (χ1n) is 12.5. The van der Waals surface area contributed by atoms with Crippen LogP contribution in [0.3, 0.4) is 0 Å². The lowest BCUT2D eigenvalue weighted by Crippen LogP contribution is -2.52. The van der Waals surface area contributed by atoms with Gasteiger partial charge in [-0.05, 0) is 106 Å². The Morgan fingerprint density at radius 1 is 1.06 bits per heavy atom. The summed E-state index contributed by atoms with van der Waals surface area (Å²) in [7, 11) is 0. The maximum atomic E-state index is 13.7. The minimum Gasteiger partial charge on any atom is -0.478 e. The maximum Gasteiger partial charge on any atom is 0.332 e. The van der Waals surface area contributed by atoms with Crippen molar-refractivity contribution in [3.05, 3.63) is 23.3 Å². The summed E-state index contributed by atoms with van der Waals surface area (Å²) in [5.41, 5.74) is 1.85. The van der Waals surface area contributed by atoms with Crippen LogP contribution in [-0.2, 0) is 9.59 Å². The molecule has 0 bridgehead atoms. The van der Waals surface area contributed by atoms with E-state index in [-0.39, 0.29) is 23.4 Å². The van der Waals surface area contributed by atoms with E-state index in [0.29, 0.717) is 29.2 Å². The summed E-state index contributed by atoms with van der Waals surface area (Å²) in [5, 5.41) is 10.0. The molecule has 4 rings (SSSR count). The largest absolute Gasteiger partial charge is 0.478 e.